The Morgan fingerprint density at radius 3 is 2.48 bits per heavy atom. The fraction of sp³-hybridized carbons (Fsp3) is 0.0588. The first kappa shape index (κ1) is 18.4. The first-order valence-corrected chi connectivity index (χ1v) is 9.08. The lowest BCUT2D eigenvalue weighted by atomic mass is 10.2. The van der Waals surface area contributed by atoms with Gasteiger partial charge < -0.3 is 15.0 Å². The van der Waals surface area contributed by atoms with Crippen molar-refractivity contribution in [1.82, 2.24) is 9.71 Å². The van der Waals surface area contributed by atoms with Gasteiger partial charge in [0.2, 0.25) is 0 Å². The summed E-state index contributed by atoms with van der Waals surface area (Å²) in [5.74, 6) is -0.968. The Morgan fingerprint density at radius 2 is 1.85 bits per heavy atom. The predicted octanol–water partition coefficient (Wildman–Crippen LogP) is 3.34. The van der Waals surface area contributed by atoms with Crippen LogP contribution in [0.15, 0.2) is 53.4 Å². The maximum atomic E-state index is 13.7. The van der Waals surface area contributed by atoms with E-state index in [0.29, 0.717) is 11.2 Å². The highest BCUT2D eigenvalue weighted by Crippen LogP contribution is 2.20. The summed E-state index contributed by atoms with van der Waals surface area (Å²) in [6, 6.07) is 11.0. The molecule has 0 spiro atoms. The lowest BCUT2D eigenvalue weighted by Crippen LogP contribution is -2.30. The SMILES string of the molecule is COC(=O)NS(=O)(=O)c1ccc(NC(=O)c2cc3c(F)cccc3[nH]2)cc1.[HH].[HH].[HH]. The summed E-state index contributed by atoms with van der Waals surface area (Å²) in [6.45, 7) is 0. The summed E-state index contributed by atoms with van der Waals surface area (Å²) in [7, 11) is -3.04. The van der Waals surface area contributed by atoms with Crippen LogP contribution in [-0.2, 0) is 14.8 Å². The molecule has 146 valence electrons. The maximum Gasteiger partial charge on any atom is 0.420 e. The Morgan fingerprint density at radius 1 is 1.15 bits per heavy atom. The Balaban J connectivity index is 0.00000280. The summed E-state index contributed by atoms with van der Waals surface area (Å²) in [5.41, 5.74) is 0.950. The van der Waals surface area contributed by atoms with Gasteiger partial charge in [0.05, 0.1) is 12.0 Å². The summed E-state index contributed by atoms with van der Waals surface area (Å²) < 4.78 is 43.6. The quantitative estimate of drug-likeness (QED) is 0.624. The standard InChI is InChI=1S/C17H14FN3O5S.3H2/c1-26-17(23)21-27(24,25)11-7-5-10(6-8-11)19-16(22)15-9-12-13(18)3-2-4-14(12)20-15;;;/h2-9,20H,1H3,(H,19,22)(H,21,23);3*1H. The highest BCUT2D eigenvalue weighted by atomic mass is 32.2. The molecule has 3 aromatic rings. The number of carbonyl (C=O) groups excluding carboxylic acids is 2. The number of benzene rings is 2. The molecule has 0 radical (unpaired) electrons. The molecule has 3 N–H and O–H groups in total. The van der Waals surface area contributed by atoms with E-state index in [9.17, 15) is 22.4 Å². The number of fused-ring (bicyclic) bond motifs is 1. The van der Waals surface area contributed by atoms with E-state index in [0.717, 1.165) is 7.11 Å². The van der Waals surface area contributed by atoms with Crippen molar-refractivity contribution in [2.75, 3.05) is 12.4 Å². The van der Waals surface area contributed by atoms with Crippen LogP contribution in [0.5, 0.6) is 0 Å². The number of anilines is 1. The average Bonchev–Trinajstić information content (AvgIpc) is 3.07. The number of carbonyl (C=O) groups is 2. The minimum atomic E-state index is -4.08. The van der Waals surface area contributed by atoms with Crippen LogP contribution in [-0.4, -0.2) is 32.5 Å². The van der Waals surface area contributed by atoms with Gasteiger partial charge in [-0.2, -0.15) is 0 Å². The fourth-order valence-corrected chi connectivity index (χ4v) is 3.28. The van der Waals surface area contributed by atoms with Gasteiger partial charge in [-0.15, -0.1) is 0 Å². The van der Waals surface area contributed by atoms with Crippen LogP contribution < -0.4 is 10.0 Å². The first-order valence-electron chi connectivity index (χ1n) is 7.59. The molecule has 0 bridgehead atoms. The van der Waals surface area contributed by atoms with E-state index >= 15 is 0 Å². The van der Waals surface area contributed by atoms with Gasteiger partial charge in [-0.3, -0.25) is 4.79 Å². The zero-order valence-corrected chi connectivity index (χ0v) is 14.8. The number of rotatable bonds is 4. The number of halogens is 1. The zero-order valence-electron chi connectivity index (χ0n) is 13.9. The van der Waals surface area contributed by atoms with Gasteiger partial charge in [-0.05, 0) is 42.5 Å². The van der Waals surface area contributed by atoms with Gasteiger partial charge in [0.25, 0.3) is 15.9 Å². The highest BCUT2D eigenvalue weighted by molar-refractivity contribution is 7.90. The van der Waals surface area contributed by atoms with Crippen LogP contribution in [0.4, 0.5) is 14.9 Å². The number of H-pyrrole nitrogens is 1. The molecule has 2 aromatic carbocycles. The molecule has 0 aliphatic rings. The van der Waals surface area contributed by atoms with Crippen LogP contribution >= 0.6 is 0 Å². The lowest BCUT2D eigenvalue weighted by molar-refractivity contribution is 0.102. The maximum absolute atomic E-state index is 13.7. The normalized spacial score (nSPS) is 11.2. The smallest absolute Gasteiger partial charge is 0.420 e. The number of ether oxygens (including phenoxy) is 1. The molecule has 0 unspecified atom stereocenters. The van der Waals surface area contributed by atoms with Crippen molar-refractivity contribution < 1.29 is 31.4 Å². The second kappa shape index (κ2) is 7.08. The second-order valence-corrected chi connectivity index (χ2v) is 7.14. The van der Waals surface area contributed by atoms with E-state index in [1.165, 1.54) is 42.5 Å². The number of nitrogens with one attached hydrogen (secondary N) is 3. The molecule has 0 saturated heterocycles. The fourth-order valence-electron chi connectivity index (χ4n) is 2.37. The van der Waals surface area contributed by atoms with Crippen LogP contribution in [0.1, 0.15) is 14.8 Å². The number of sulfonamides is 1. The van der Waals surface area contributed by atoms with E-state index in [1.54, 1.807) is 10.8 Å². The molecule has 1 heterocycles. The van der Waals surface area contributed by atoms with Crippen molar-refractivity contribution in [3.05, 3.63) is 60.0 Å². The molecule has 10 heteroatoms. The molecule has 0 aliphatic heterocycles. The predicted molar refractivity (Wildman–Crippen MR) is 102 cm³/mol. The molecule has 27 heavy (non-hydrogen) atoms. The molecular formula is C17H20FN3O5S. The average molecular weight is 397 g/mol. The van der Waals surface area contributed by atoms with Crippen LogP contribution in [0.25, 0.3) is 10.9 Å². The van der Waals surface area contributed by atoms with Gasteiger partial charge in [-0.1, -0.05) is 6.07 Å². The van der Waals surface area contributed by atoms with Crippen molar-refractivity contribution in [3.8, 4) is 0 Å². The van der Waals surface area contributed by atoms with Gasteiger partial charge in [0.15, 0.2) is 0 Å². The van der Waals surface area contributed by atoms with Crippen LogP contribution in [0.3, 0.4) is 0 Å². The zero-order chi connectivity index (χ0) is 19.6. The summed E-state index contributed by atoms with van der Waals surface area (Å²) in [6.07, 6.45) is -1.11. The summed E-state index contributed by atoms with van der Waals surface area (Å²) in [5, 5.41) is 2.86. The van der Waals surface area contributed by atoms with Gasteiger partial charge in [0, 0.05) is 20.9 Å². The number of amides is 2. The molecule has 0 saturated carbocycles. The molecule has 0 fully saturated rings. The van der Waals surface area contributed by atoms with Crippen molar-refractivity contribution >= 4 is 38.6 Å². The third-order valence-corrected chi connectivity index (χ3v) is 5.01. The molecular weight excluding hydrogens is 377 g/mol. The van der Waals surface area contributed by atoms with E-state index in [-0.39, 0.29) is 20.3 Å². The number of aromatic nitrogens is 1. The Labute approximate surface area is 157 Å². The summed E-state index contributed by atoms with van der Waals surface area (Å²) in [4.78, 5) is 26.0. The van der Waals surface area contributed by atoms with E-state index < -0.39 is 27.8 Å². The second-order valence-electron chi connectivity index (χ2n) is 5.46. The van der Waals surface area contributed by atoms with Gasteiger partial charge in [-0.25, -0.2) is 22.3 Å². The number of aromatic amines is 1. The third kappa shape index (κ3) is 3.90. The van der Waals surface area contributed by atoms with Crippen LogP contribution in [0.2, 0.25) is 0 Å². The molecule has 8 nitrogen and oxygen atoms in total. The monoisotopic (exact) mass is 397 g/mol. The van der Waals surface area contributed by atoms with Gasteiger partial charge >= 0.3 is 6.09 Å². The van der Waals surface area contributed by atoms with E-state index in [1.807, 2.05) is 0 Å². The van der Waals surface area contributed by atoms with Gasteiger partial charge in [0.1, 0.15) is 11.5 Å². The Kier molecular flexibility index (Phi) is 4.82. The Bertz CT molecular complexity index is 1140. The molecule has 0 aliphatic carbocycles. The van der Waals surface area contributed by atoms with Crippen LogP contribution in [0, 0.1) is 5.82 Å². The highest BCUT2D eigenvalue weighted by Gasteiger charge is 2.18. The molecule has 3 rings (SSSR count). The minimum Gasteiger partial charge on any atom is -0.452 e. The molecule has 2 amide bonds. The number of hydrogen-bond acceptors (Lipinski definition) is 5. The van der Waals surface area contributed by atoms with Crippen molar-refractivity contribution in [2.45, 2.75) is 4.90 Å². The van der Waals surface area contributed by atoms with E-state index in [4.69, 9.17) is 0 Å². The van der Waals surface area contributed by atoms with Crippen molar-refractivity contribution in [2.24, 2.45) is 0 Å². The number of methoxy groups -OCH3 is 1. The first-order chi connectivity index (χ1) is 12.8. The van der Waals surface area contributed by atoms with Crippen molar-refractivity contribution in [1.29, 1.82) is 0 Å². The largest absolute Gasteiger partial charge is 0.452 e. The summed E-state index contributed by atoms with van der Waals surface area (Å²) >= 11 is 0. The lowest BCUT2D eigenvalue weighted by Gasteiger charge is -2.07. The Hall–Kier alpha value is -3.40. The van der Waals surface area contributed by atoms with Crippen molar-refractivity contribution in [3.63, 3.8) is 0 Å². The molecule has 1 aromatic heterocycles. The minimum absolute atomic E-state index is 0. The third-order valence-electron chi connectivity index (χ3n) is 3.68. The number of hydrogen-bond donors (Lipinski definition) is 3. The topological polar surface area (TPSA) is 117 Å². The van der Waals surface area contributed by atoms with E-state index in [2.05, 4.69) is 15.0 Å². The molecule has 0 atom stereocenters.